The van der Waals surface area contributed by atoms with Crippen molar-refractivity contribution >= 4 is 17.2 Å². The molecule has 0 saturated carbocycles. The number of carbonyl (C=O) groups is 1. The van der Waals surface area contributed by atoms with Gasteiger partial charge in [0.25, 0.3) is 11.5 Å². The summed E-state index contributed by atoms with van der Waals surface area (Å²) in [7, 11) is 0. The van der Waals surface area contributed by atoms with Gasteiger partial charge in [-0.2, -0.15) is 17.7 Å². The van der Waals surface area contributed by atoms with Crippen molar-refractivity contribution in [3.8, 4) is 16.9 Å². The maximum atomic E-state index is 13.9. The SMILES string of the molecule is Cc1nc2c(-c3ccccc3)c(C(F)(F)F)[nH]n2c(=O)c1C(=O)Nc1cccc(OCc2ccccc2)c1. The molecule has 0 aliphatic heterocycles. The van der Waals surface area contributed by atoms with E-state index >= 15 is 0 Å². The van der Waals surface area contributed by atoms with Crippen LogP contribution in [0.1, 0.15) is 27.3 Å². The van der Waals surface area contributed by atoms with Crippen molar-refractivity contribution < 1.29 is 22.7 Å². The molecule has 2 aromatic heterocycles. The number of aryl methyl sites for hydroxylation is 1. The third-order valence-electron chi connectivity index (χ3n) is 5.87. The molecule has 1 amide bonds. The average Bonchev–Trinajstić information content (AvgIpc) is 3.29. The number of carbonyl (C=O) groups excluding carboxylic acids is 1. The van der Waals surface area contributed by atoms with Gasteiger partial charge in [0, 0.05) is 11.8 Å². The predicted molar refractivity (Wildman–Crippen MR) is 136 cm³/mol. The van der Waals surface area contributed by atoms with E-state index in [2.05, 4.69) is 15.4 Å². The normalized spacial score (nSPS) is 11.5. The van der Waals surface area contributed by atoms with Gasteiger partial charge in [-0.1, -0.05) is 66.7 Å². The Hall–Kier alpha value is -4.86. The predicted octanol–water partition coefficient (Wildman–Crippen LogP) is 5.85. The van der Waals surface area contributed by atoms with Crippen LogP contribution in [-0.2, 0) is 12.8 Å². The van der Waals surface area contributed by atoms with E-state index in [1.807, 2.05) is 30.3 Å². The molecule has 10 heteroatoms. The molecule has 0 bridgehead atoms. The summed E-state index contributed by atoms with van der Waals surface area (Å²) in [4.78, 5) is 30.6. The first-order valence-corrected chi connectivity index (χ1v) is 11.6. The first kappa shape index (κ1) is 24.8. The van der Waals surface area contributed by atoms with Crippen molar-refractivity contribution in [3.63, 3.8) is 0 Å². The quantitative estimate of drug-likeness (QED) is 0.295. The van der Waals surface area contributed by atoms with Gasteiger partial charge in [0.2, 0.25) is 0 Å². The molecule has 7 nitrogen and oxygen atoms in total. The Balaban J connectivity index is 1.48. The Kier molecular flexibility index (Phi) is 6.46. The molecular weight excluding hydrogens is 497 g/mol. The molecule has 192 valence electrons. The molecule has 2 N–H and O–H groups in total. The van der Waals surface area contributed by atoms with Gasteiger partial charge in [0.1, 0.15) is 23.6 Å². The van der Waals surface area contributed by atoms with E-state index in [9.17, 15) is 22.8 Å². The number of anilines is 1. The summed E-state index contributed by atoms with van der Waals surface area (Å²) in [5.74, 6) is -0.320. The maximum Gasteiger partial charge on any atom is 0.433 e. The Morgan fingerprint density at radius 3 is 2.37 bits per heavy atom. The molecule has 0 atom stereocenters. The summed E-state index contributed by atoms with van der Waals surface area (Å²) >= 11 is 0. The summed E-state index contributed by atoms with van der Waals surface area (Å²) in [6, 6.07) is 23.9. The fraction of sp³-hybridized carbons (Fsp3) is 0.107. The Morgan fingerprint density at radius 2 is 1.68 bits per heavy atom. The van der Waals surface area contributed by atoms with E-state index < -0.39 is 23.3 Å². The number of rotatable bonds is 6. The number of nitrogens with zero attached hydrogens (tertiary/aromatic N) is 2. The van der Waals surface area contributed by atoms with E-state index in [0.29, 0.717) is 22.6 Å². The highest BCUT2D eigenvalue weighted by atomic mass is 19.4. The van der Waals surface area contributed by atoms with Crippen molar-refractivity contribution in [3.05, 3.63) is 118 Å². The minimum atomic E-state index is -4.79. The molecule has 0 aliphatic rings. The van der Waals surface area contributed by atoms with Gasteiger partial charge in [-0.15, -0.1) is 0 Å². The molecule has 0 spiro atoms. The molecule has 0 radical (unpaired) electrons. The van der Waals surface area contributed by atoms with Crippen molar-refractivity contribution in [2.75, 3.05) is 5.32 Å². The number of nitrogens with one attached hydrogen (secondary N) is 2. The van der Waals surface area contributed by atoms with Crippen LogP contribution in [-0.4, -0.2) is 20.5 Å². The van der Waals surface area contributed by atoms with E-state index in [1.54, 1.807) is 42.5 Å². The highest BCUT2D eigenvalue weighted by Crippen LogP contribution is 2.38. The van der Waals surface area contributed by atoms with Crippen LogP contribution in [0.2, 0.25) is 0 Å². The van der Waals surface area contributed by atoms with Crippen LogP contribution in [0, 0.1) is 6.92 Å². The van der Waals surface area contributed by atoms with E-state index in [-0.39, 0.29) is 28.0 Å². The summed E-state index contributed by atoms with van der Waals surface area (Å²) < 4.78 is 48.1. The van der Waals surface area contributed by atoms with Crippen molar-refractivity contribution in [1.29, 1.82) is 0 Å². The lowest BCUT2D eigenvalue weighted by atomic mass is 10.1. The molecule has 2 heterocycles. The van der Waals surface area contributed by atoms with Crippen LogP contribution in [0.4, 0.5) is 18.9 Å². The number of alkyl halides is 3. The van der Waals surface area contributed by atoms with E-state index in [0.717, 1.165) is 5.56 Å². The topological polar surface area (TPSA) is 88.5 Å². The monoisotopic (exact) mass is 518 g/mol. The summed E-state index contributed by atoms with van der Waals surface area (Å²) in [6.45, 7) is 1.72. The molecule has 3 aromatic carbocycles. The number of hydrogen-bond donors (Lipinski definition) is 2. The number of amides is 1. The lowest BCUT2D eigenvalue weighted by molar-refractivity contribution is -0.140. The molecule has 0 aliphatic carbocycles. The number of fused-ring (bicyclic) bond motifs is 1. The van der Waals surface area contributed by atoms with Crippen LogP contribution in [0.5, 0.6) is 5.75 Å². The molecule has 0 unspecified atom stereocenters. The minimum Gasteiger partial charge on any atom is -0.489 e. The number of aromatic amines is 1. The number of halogens is 3. The highest BCUT2D eigenvalue weighted by molar-refractivity contribution is 6.05. The zero-order valence-corrected chi connectivity index (χ0v) is 20.0. The van der Waals surface area contributed by atoms with Gasteiger partial charge in [-0.25, -0.2) is 4.98 Å². The third-order valence-corrected chi connectivity index (χ3v) is 5.87. The van der Waals surface area contributed by atoms with Crippen molar-refractivity contribution in [1.82, 2.24) is 14.6 Å². The van der Waals surface area contributed by atoms with Gasteiger partial charge < -0.3 is 10.1 Å². The molecule has 5 aromatic rings. The summed E-state index contributed by atoms with van der Waals surface area (Å²) in [5, 5.41) is 4.73. The molecule has 0 saturated heterocycles. The second-order valence-electron chi connectivity index (χ2n) is 8.52. The molecule has 38 heavy (non-hydrogen) atoms. The fourth-order valence-corrected chi connectivity index (χ4v) is 4.12. The second-order valence-corrected chi connectivity index (χ2v) is 8.52. The third kappa shape index (κ3) is 4.88. The zero-order chi connectivity index (χ0) is 26.9. The Morgan fingerprint density at radius 1 is 1.00 bits per heavy atom. The van der Waals surface area contributed by atoms with Crippen molar-refractivity contribution in [2.45, 2.75) is 19.7 Å². The Bertz CT molecular complexity index is 1680. The number of benzene rings is 3. The van der Waals surface area contributed by atoms with Crippen LogP contribution in [0.3, 0.4) is 0 Å². The van der Waals surface area contributed by atoms with Crippen molar-refractivity contribution in [2.24, 2.45) is 0 Å². The number of ether oxygens (including phenoxy) is 1. The standard InChI is InChI=1S/C28H21F3N4O3/c1-17-22(26(36)33-20-13-8-14-21(15-20)38-16-18-9-4-2-5-10-18)27(37)35-25(32-17)23(19-11-6-3-7-12-19)24(34-35)28(29,30)31/h2-15,34H,16H2,1H3,(H,33,36). The number of aromatic nitrogens is 3. The van der Waals surface area contributed by atoms with Crippen LogP contribution in [0.15, 0.2) is 89.7 Å². The number of H-pyrrole nitrogens is 1. The first-order valence-electron chi connectivity index (χ1n) is 11.6. The second kappa shape index (κ2) is 9.89. The fourth-order valence-electron chi connectivity index (χ4n) is 4.12. The molecular formula is C28H21F3N4O3. The maximum absolute atomic E-state index is 13.9. The molecule has 5 rings (SSSR count). The highest BCUT2D eigenvalue weighted by Gasteiger charge is 2.38. The first-order chi connectivity index (χ1) is 18.2. The lowest BCUT2D eigenvalue weighted by Crippen LogP contribution is -2.29. The van der Waals surface area contributed by atoms with E-state index in [4.69, 9.17) is 4.74 Å². The summed E-state index contributed by atoms with van der Waals surface area (Å²) in [6.07, 6.45) is -4.79. The molecule has 0 fully saturated rings. The van der Waals surface area contributed by atoms with Gasteiger partial charge in [-0.05, 0) is 30.2 Å². The van der Waals surface area contributed by atoms with E-state index in [1.165, 1.54) is 19.1 Å². The van der Waals surface area contributed by atoms with Gasteiger partial charge in [-0.3, -0.25) is 14.7 Å². The summed E-state index contributed by atoms with van der Waals surface area (Å²) in [5.41, 5.74) is -1.42. The van der Waals surface area contributed by atoms with Crippen LogP contribution < -0.4 is 15.6 Å². The minimum absolute atomic E-state index is 0.00566. The average molecular weight is 518 g/mol. The van der Waals surface area contributed by atoms with Gasteiger partial charge >= 0.3 is 6.18 Å². The van der Waals surface area contributed by atoms with Crippen LogP contribution in [0.25, 0.3) is 16.8 Å². The van der Waals surface area contributed by atoms with Gasteiger partial charge in [0.15, 0.2) is 5.65 Å². The van der Waals surface area contributed by atoms with Gasteiger partial charge in [0.05, 0.1) is 11.3 Å². The lowest BCUT2D eigenvalue weighted by Gasteiger charge is -2.10. The Labute approximate surface area is 214 Å². The largest absolute Gasteiger partial charge is 0.489 e. The smallest absolute Gasteiger partial charge is 0.433 e. The van der Waals surface area contributed by atoms with Crippen LogP contribution >= 0.6 is 0 Å². The number of hydrogen-bond acceptors (Lipinski definition) is 4. The zero-order valence-electron chi connectivity index (χ0n) is 20.0.